The Morgan fingerprint density at radius 3 is 2.50 bits per heavy atom. The van der Waals surface area contributed by atoms with Gasteiger partial charge in [0.25, 0.3) is 0 Å². The third kappa shape index (κ3) is 2.46. The van der Waals surface area contributed by atoms with E-state index in [9.17, 15) is 0 Å². The van der Waals surface area contributed by atoms with E-state index in [1.165, 1.54) is 0 Å². The maximum Gasteiger partial charge on any atom is 0.150 e. The van der Waals surface area contributed by atoms with Gasteiger partial charge >= 0.3 is 0 Å². The van der Waals surface area contributed by atoms with Crippen molar-refractivity contribution in [2.45, 2.75) is 45.8 Å². The second-order valence-electron chi connectivity index (χ2n) is 5.22. The molecule has 0 aromatic carbocycles. The summed E-state index contributed by atoms with van der Waals surface area (Å²) in [7, 11) is 1.97. The summed E-state index contributed by atoms with van der Waals surface area (Å²) in [5, 5.41) is 4.53. The van der Waals surface area contributed by atoms with Crippen molar-refractivity contribution in [1.29, 1.82) is 0 Å². The summed E-state index contributed by atoms with van der Waals surface area (Å²) in [6.45, 7) is 8.09. The van der Waals surface area contributed by atoms with Gasteiger partial charge in [0.15, 0.2) is 5.82 Å². The van der Waals surface area contributed by atoms with E-state index in [-0.39, 0.29) is 12.2 Å². The number of aromatic nitrogens is 2. The molecule has 0 saturated carbocycles. The number of nitrogen functional groups attached to an aromatic ring is 1. The lowest BCUT2D eigenvalue weighted by Gasteiger charge is -2.36. The lowest BCUT2D eigenvalue weighted by atomic mass is 10.2. The molecule has 0 unspecified atom stereocenters. The van der Waals surface area contributed by atoms with Crippen LogP contribution in [-0.2, 0) is 18.2 Å². The summed E-state index contributed by atoms with van der Waals surface area (Å²) in [6, 6.07) is 0. The van der Waals surface area contributed by atoms with Crippen LogP contribution in [0.4, 0.5) is 11.5 Å². The van der Waals surface area contributed by atoms with Gasteiger partial charge in [-0.1, -0.05) is 13.3 Å². The van der Waals surface area contributed by atoms with Gasteiger partial charge in [-0.3, -0.25) is 4.68 Å². The van der Waals surface area contributed by atoms with Crippen molar-refractivity contribution in [3.05, 3.63) is 5.69 Å². The van der Waals surface area contributed by atoms with Crippen molar-refractivity contribution in [2.75, 3.05) is 23.7 Å². The second kappa shape index (κ2) is 5.18. The zero-order valence-corrected chi connectivity index (χ0v) is 11.8. The molecule has 2 rings (SSSR count). The smallest absolute Gasteiger partial charge is 0.150 e. The van der Waals surface area contributed by atoms with Gasteiger partial charge in [0.2, 0.25) is 0 Å². The molecule has 1 aromatic heterocycles. The number of nitrogens with zero attached hydrogens (tertiary/aromatic N) is 3. The minimum Gasteiger partial charge on any atom is -0.394 e. The van der Waals surface area contributed by atoms with Gasteiger partial charge in [-0.15, -0.1) is 0 Å². The zero-order chi connectivity index (χ0) is 13.3. The summed E-state index contributed by atoms with van der Waals surface area (Å²) >= 11 is 0. The Balaban J connectivity index is 2.26. The minimum atomic E-state index is 0.234. The molecule has 1 aromatic rings. The first-order valence-corrected chi connectivity index (χ1v) is 6.74. The SMILES string of the molecule is CCCc1nn(C)c(N2C[C@@H](C)O[C@@H](C)C2)c1N. The lowest BCUT2D eigenvalue weighted by molar-refractivity contribution is -0.00560. The molecule has 5 heteroatoms. The van der Waals surface area contributed by atoms with Crippen molar-refractivity contribution in [2.24, 2.45) is 7.05 Å². The number of morpholine rings is 1. The Bertz CT molecular complexity index is 405. The highest BCUT2D eigenvalue weighted by atomic mass is 16.5. The Morgan fingerprint density at radius 1 is 1.33 bits per heavy atom. The molecule has 18 heavy (non-hydrogen) atoms. The van der Waals surface area contributed by atoms with Crippen LogP contribution in [-0.4, -0.2) is 35.1 Å². The molecule has 1 aliphatic rings. The van der Waals surface area contributed by atoms with Gasteiger partial charge in [0.1, 0.15) is 0 Å². The topological polar surface area (TPSA) is 56.3 Å². The average Bonchev–Trinajstić information content (AvgIpc) is 2.53. The number of ether oxygens (including phenoxy) is 1. The number of hydrogen-bond acceptors (Lipinski definition) is 4. The van der Waals surface area contributed by atoms with E-state index in [0.29, 0.717) is 0 Å². The molecule has 0 spiro atoms. The molecule has 0 bridgehead atoms. The Hall–Kier alpha value is -1.23. The fourth-order valence-electron chi connectivity index (χ4n) is 2.73. The largest absolute Gasteiger partial charge is 0.394 e. The molecule has 1 fully saturated rings. The maximum absolute atomic E-state index is 6.25. The van der Waals surface area contributed by atoms with Crippen molar-refractivity contribution in [3.63, 3.8) is 0 Å². The predicted molar refractivity (Wildman–Crippen MR) is 73.8 cm³/mol. The van der Waals surface area contributed by atoms with Crippen LogP contribution in [0.3, 0.4) is 0 Å². The van der Waals surface area contributed by atoms with Crippen LogP contribution in [0.5, 0.6) is 0 Å². The Labute approximate surface area is 109 Å². The second-order valence-corrected chi connectivity index (χ2v) is 5.22. The number of nitrogens with two attached hydrogens (primary N) is 1. The lowest BCUT2D eigenvalue weighted by Crippen LogP contribution is -2.46. The van der Waals surface area contributed by atoms with Crippen LogP contribution < -0.4 is 10.6 Å². The molecule has 2 atom stereocenters. The van der Waals surface area contributed by atoms with E-state index >= 15 is 0 Å². The average molecular weight is 252 g/mol. The van der Waals surface area contributed by atoms with Gasteiger partial charge in [-0.05, 0) is 20.3 Å². The fraction of sp³-hybridized carbons (Fsp3) is 0.769. The van der Waals surface area contributed by atoms with E-state index < -0.39 is 0 Å². The number of rotatable bonds is 3. The molecule has 2 heterocycles. The first kappa shape index (κ1) is 13.2. The standard InChI is InChI=1S/C13H24N4O/c1-5-6-11-12(14)13(16(4)15-11)17-7-9(2)18-10(3)8-17/h9-10H,5-8,14H2,1-4H3/t9-,10+. The number of aryl methyl sites for hydroxylation is 2. The van der Waals surface area contributed by atoms with Gasteiger partial charge in [0, 0.05) is 20.1 Å². The zero-order valence-electron chi connectivity index (χ0n) is 11.8. The van der Waals surface area contributed by atoms with Crippen molar-refractivity contribution in [1.82, 2.24) is 9.78 Å². The molecule has 1 saturated heterocycles. The van der Waals surface area contributed by atoms with Gasteiger partial charge < -0.3 is 15.4 Å². The van der Waals surface area contributed by atoms with Crippen molar-refractivity contribution >= 4 is 11.5 Å². The van der Waals surface area contributed by atoms with Gasteiger partial charge in [0.05, 0.1) is 23.6 Å². The molecule has 0 radical (unpaired) electrons. The van der Waals surface area contributed by atoms with Crippen LogP contribution in [0.2, 0.25) is 0 Å². The van der Waals surface area contributed by atoms with E-state index in [1.54, 1.807) is 0 Å². The summed E-state index contributed by atoms with van der Waals surface area (Å²) in [6.07, 6.45) is 2.47. The monoisotopic (exact) mass is 252 g/mol. The van der Waals surface area contributed by atoms with Crippen molar-refractivity contribution in [3.8, 4) is 0 Å². The molecule has 0 aliphatic carbocycles. The van der Waals surface area contributed by atoms with E-state index in [4.69, 9.17) is 10.5 Å². The summed E-state index contributed by atoms with van der Waals surface area (Å²) < 4.78 is 7.67. The summed E-state index contributed by atoms with van der Waals surface area (Å²) in [5.41, 5.74) is 8.10. The van der Waals surface area contributed by atoms with Crippen LogP contribution in [0.1, 0.15) is 32.9 Å². The maximum atomic E-state index is 6.25. The van der Waals surface area contributed by atoms with Crippen molar-refractivity contribution < 1.29 is 4.74 Å². The van der Waals surface area contributed by atoms with E-state index in [0.717, 1.165) is 43.1 Å². The quantitative estimate of drug-likeness (QED) is 0.887. The Morgan fingerprint density at radius 2 is 1.94 bits per heavy atom. The third-order valence-electron chi connectivity index (χ3n) is 3.33. The van der Waals surface area contributed by atoms with Crippen LogP contribution >= 0.6 is 0 Å². The number of hydrogen-bond donors (Lipinski definition) is 1. The summed E-state index contributed by atoms with van der Waals surface area (Å²) in [5.74, 6) is 1.04. The number of anilines is 2. The van der Waals surface area contributed by atoms with Crippen LogP contribution in [0, 0.1) is 0 Å². The Kier molecular flexibility index (Phi) is 3.80. The first-order valence-electron chi connectivity index (χ1n) is 6.74. The highest BCUT2D eigenvalue weighted by Crippen LogP contribution is 2.29. The third-order valence-corrected chi connectivity index (χ3v) is 3.33. The van der Waals surface area contributed by atoms with E-state index in [2.05, 4.69) is 30.8 Å². The fourth-order valence-corrected chi connectivity index (χ4v) is 2.73. The minimum absolute atomic E-state index is 0.234. The molecule has 1 aliphatic heterocycles. The van der Waals surface area contributed by atoms with Gasteiger partial charge in [-0.25, -0.2) is 0 Å². The molecule has 2 N–H and O–H groups in total. The molecule has 0 amide bonds. The molecular weight excluding hydrogens is 228 g/mol. The van der Waals surface area contributed by atoms with Crippen LogP contribution in [0.25, 0.3) is 0 Å². The summed E-state index contributed by atoms with van der Waals surface area (Å²) in [4.78, 5) is 2.29. The van der Waals surface area contributed by atoms with E-state index in [1.807, 2.05) is 11.7 Å². The first-order chi connectivity index (χ1) is 8.52. The normalized spacial score (nSPS) is 24.6. The van der Waals surface area contributed by atoms with Crippen LogP contribution in [0.15, 0.2) is 0 Å². The van der Waals surface area contributed by atoms with Gasteiger partial charge in [-0.2, -0.15) is 5.10 Å². The molecule has 102 valence electrons. The molecule has 5 nitrogen and oxygen atoms in total. The highest BCUT2D eigenvalue weighted by molar-refractivity contribution is 5.66. The molecular formula is C13H24N4O. The predicted octanol–water partition coefficient (Wildman–Crippen LogP) is 1.57. The highest BCUT2D eigenvalue weighted by Gasteiger charge is 2.27.